The van der Waals surface area contributed by atoms with Crippen LogP contribution in [0.5, 0.6) is 0 Å². The van der Waals surface area contributed by atoms with Gasteiger partial charge in [0.1, 0.15) is 22.4 Å². The number of methoxy groups -OCH3 is 1. The number of aromatic nitrogens is 2. The van der Waals surface area contributed by atoms with Gasteiger partial charge in [0.2, 0.25) is 0 Å². The highest BCUT2D eigenvalue weighted by Gasteiger charge is 2.13. The summed E-state index contributed by atoms with van der Waals surface area (Å²) in [7, 11) is 3.41. The summed E-state index contributed by atoms with van der Waals surface area (Å²) in [5.74, 6) is 1.39. The maximum absolute atomic E-state index is 8.96. The van der Waals surface area contributed by atoms with E-state index in [1.165, 1.54) is 6.33 Å². The van der Waals surface area contributed by atoms with Crippen LogP contribution in [0.15, 0.2) is 10.8 Å². The Morgan fingerprint density at radius 3 is 2.76 bits per heavy atom. The van der Waals surface area contributed by atoms with Gasteiger partial charge in [-0.25, -0.2) is 9.97 Å². The topological polar surface area (TPSA) is 79.3 Å². The van der Waals surface area contributed by atoms with Gasteiger partial charge in [-0.15, -0.1) is 0 Å². The first-order chi connectivity index (χ1) is 8.22. The first-order valence-electron chi connectivity index (χ1n) is 5.27. The van der Waals surface area contributed by atoms with E-state index in [2.05, 4.69) is 36.5 Å². The number of nitrogens with one attached hydrogen (secondary N) is 2. The number of aliphatic hydroxyl groups is 1. The fourth-order valence-electron chi connectivity index (χ4n) is 1.39. The molecule has 0 saturated carbocycles. The zero-order valence-electron chi connectivity index (χ0n) is 9.90. The van der Waals surface area contributed by atoms with Crippen molar-refractivity contribution >= 4 is 27.6 Å². The summed E-state index contributed by atoms with van der Waals surface area (Å²) in [5.41, 5.74) is 0. The molecule has 1 unspecified atom stereocenters. The Labute approximate surface area is 109 Å². The third-order valence-corrected chi connectivity index (χ3v) is 2.96. The van der Waals surface area contributed by atoms with Crippen LogP contribution in [-0.4, -0.2) is 48.5 Å². The lowest BCUT2D eigenvalue weighted by molar-refractivity contribution is 0.170. The van der Waals surface area contributed by atoms with Gasteiger partial charge in [0, 0.05) is 20.8 Å². The summed E-state index contributed by atoms with van der Waals surface area (Å²) in [4.78, 5) is 8.21. The van der Waals surface area contributed by atoms with Gasteiger partial charge in [-0.3, -0.25) is 0 Å². The standard InChI is InChI=1S/C10H17BrN4O2/c1-12-9-8(11)10(14-6-13-9)15-7(3-4-16)5-17-2/h6-7,16H,3-5H2,1-2H3,(H2,12,13,14,15). The monoisotopic (exact) mass is 304 g/mol. The first-order valence-corrected chi connectivity index (χ1v) is 6.06. The van der Waals surface area contributed by atoms with Crippen molar-refractivity contribution in [3.05, 3.63) is 10.8 Å². The molecule has 0 bridgehead atoms. The highest BCUT2D eigenvalue weighted by molar-refractivity contribution is 9.10. The highest BCUT2D eigenvalue weighted by Crippen LogP contribution is 2.26. The minimum Gasteiger partial charge on any atom is -0.396 e. The van der Waals surface area contributed by atoms with Gasteiger partial charge in [-0.1, -0.05) is 0 Å². The number of nitrogens with zero attached hydrogens (tertiary/aromatic N) is 2. The fourth-order valence-corrected chi connectivity index (χ4v) is 1.91. The summed E-state index contributed by atoms with van der Waals surface area (Å²) in [6, 6.07) is 0.0147. The Bertz CT molecular complexity index is 345. The molecule has 0 aliphatic carbocycles. The van der Waals surface area contributed by atoms with Crippen molar-refractivity contribution in [3.63, 3.8) is 0 Å². The molecule has 1 atom stereocenters. The van der Waals surface area contributed by atoms with Gasteiger partial charge in [-0.2, -0.15) is 0 Å². The molecule has 1 aromatic rings. The van der Waals surface area contributed by atoms with Gasteiger partial charge in [0.15, 0.2) is 0 Å². The average Bonchev–Trinajstić information content (AvgIpc) is 2.32. The molecule has 0 saturated heterocycles. The van der Waals surface area contributed by atoms with Crippen molar-refractivity contribution in [2.75, 3.05) is 38.0 Å². The molecule has 0 aliphatic rings. The van der Waals surface area contributed by atoms with Gasteiger partial charge >= 0.3 is 0 Å². The Kier molecular flexibility index (Phi) is 6.17. The molecule has 0 amide bonds. The minimum atomic E-state index is 0.0147. The van der Waals surface area contributed by atoms with Crippen molar-refractivity contribution in [2.24, 2.45) is 0 Å². The largest absolute Gasteiger partial charge is 0.396 e. The quantitative estimate of drug-likeness (QED) is 0.700. The molecule has 3 N–H and O–H groups in total. The smallest absolute Gasteiger partial charge is 0.146 e. The molecular formula is C10H17BrN4O2. The Morgan fingerprint density at radius 2 is 2.18 bits per heavy atom. The lowest BCUT2D eigenvalue weighted by Crippen LogP contribution is -2.27. The number of anilines is 2. The van der Waals surface area contributed by atoms with E-state index in [0.717, 1.165) is 4.47 Å². The molecule has 0 fully saturated rings. The van der Waals surface area contributed by atoms with E-state index in [4.69, 9.17) is 9.84 Å². The van der Waals surface area contributed by atoms with Crippen LogP contribution in [0.2, 0.25) is 0 Å². The second kappa shape index (κ2) is 7.41. The fraction of sp³-hybridized carbons (Fsp3) is 0.600. The molecule has 7 heteroatoms. The van der Waals surface area contributed by atoms with Crippen molar-refractivity contribution in [3.8, 4) is 0 Å². The molecule has 1 rings (SSSR count). The number of aliphatic hydroxyl groups excluding tert-OH is 1. The maximum atomic E-state index is 8.96. The molecule has 0 radical (unpaired) electrons. The third-order valence-electron chi connectivity index (χ3n) is 2.21. The molecular weight excluding hydrogens is 288 g/mol. The van der Waals surface area contributed by atoms with Gasteiger partial charge in [0.25, 0.3) is 0 Å². The van der Waals surface area contributed by atoms with Crippen molar-refractivity contribution in [1.82, 2.24) is 9.97 Å². The van der Waals surface area contributed by atoms with Crippen molar-refractivity contribution in [2.45, 2.75) is 12.5 Å². The molecule has 1 aromatic heterocycles. The normalized spacial score (nSPS) is 12.2. The van der Waals surface area contributed by atoms with E-state index in [1.54, 1.807) is 14.2 Å². The zero-order valence-corrected chi connectivity index (χ0v) is 11.5. The van der Waals surface area contributed by atoms with E-state index >= 15 is 0 Å². The van der Waals surface area contributed by atoms with E-state index < -0.39 is 0 Å². The molecule has 0 spiro atoms. The van der Waals surface area contributed by atoms with Crippen LogP contribution in [0, 0.1) is 0 Å². The average molecular weight is 305 g/mol. The van der Waals surface area contributed by atoms with Crippen LogP contribution in [0.25, 0.3) is 0 Å². The number of hydrogen-bond acceptors (Lipinski definition) is 6. The molecule has 6 nitrogen and oxygen atoms in total. The summed E-state index contributed by atoms with van der Waals surface area (Å²) in [6.07, 6.45) is 2.07. The lowest BCUT2D eigenvalue weighted by Gasteiger charge is -2.18. The minimum absolute atomic E-state index is 0.0147. The molecule has 0 aromatic carbocycles. The van der Waals surface area contributed by atoms with Crippen LogP contribution >= 0.6 is 15.9 Å². The number of ether oxygens (including phenoxy) is 1. The third kappa shape index (κ3) is 4.10. The molecule has 1 heterocycles. The van der Waals surface area contributed by atoms with Crippen molar-refractivity contribution < 1.29 is 9.84 Å². The van der Waals surface area contributed by atoms with Crippen LogP contribution in [0.1, 0.15) is 6.42 Å². The van der Waals surface area contributed by atoms with Crippen molar-refractivity contribution in [1.29, 1.82) is 0 Å². The Morgan fingerprint density at radius 1 is 1.47 bits per heavy atom. The highest BCUT2D eigenvalue weighted by atomic mass is 79.9. The predicted molar refractivity (Wildman–Crippen MR) is 70.3 cm³/mol. The van der Waals surface area contributed by atoms with Crippen LogP contribution in [0.4, 0.5) is 11.6 Å². The Balaban J connectivity index is 2.77. The zero-order chi connectivity index (χ0) is 12.7. The maximum Gasteiger partial charge on any atom is 0.146 e. The second-order valence-corrected chi connectivity index (χ2v) is 4.24. The lowest BCUT2D eigenvalue weighted by atomic mass is 10.2. The van der Waals surface area contributed by atoms with Crippen LogP contribution in [-0.2, 0) is 4.74 Å². The molecule has 17 heavy (non-hydrogen) atoms. The summed E-state index contributed by atoms with van der Waals surface area (Å²) in [5, 5.41) is 15.1. The predicted octanol–water partition coefficient (Wildman–Crippen LogP) is 1.09. The van der Waals surface area contributed by atoms with E-state index in [9.17, 15) is 0 Å². The SMILES string of the molecule is CNc1ncnc(NC(CCO)COC)c1Br. The van der Waals surface area contributed by atoms with E-state index in [0.29, 0.717) is 24.7 Å². The van der Waals surface area contributed by atoms with Crippen LogP contribution < -0.4 is 10.6 Å². The van der Waals surface area contributed by atoms with Crippen LogP contribution in [0.3, 0.4) is 0 Å². The van der Waals surface area contributed by atoms with Gasteiger partial charge < -0.3 is 20.5 Å². The first kappa shape index (κ1) is 14.1. The van der Waals surface area contributed by atoms with E-state index in [-0.39, 0.29) is 12.6 Å². The Hall–Kier alpha value is -0.920. The summed E-state index contributed by atoms with van der Waals surface area (Å²) < 4.78 is 5.84. The summed E-state index contributed by atoms with van der Waals surface area (Å²) in [6.45, 7) is 0.606. The van der Waals surface area contributed by atoms with Gasteiger partial charge in [0.05, 0.1) is 12.6 Å². The second-order valence-electron chi connectivity index (χ2n) is 3.44. The van der Waals surface area contributed by atoms with E-state index in [1.807, 2.05) is 0 Å². The summed E-state index contributed by atoms with van der Waals surface area (Å²) >= 11 is 3.42. The number of hydrogen-bond donors (Lipinski definition) is 3. The number of rotatable bonds is 7. The number of halogens is 1. The molecule has 0 aliphatic heterocycles. The van der Waals surface area contributed by atoms with Gasteiger partial charge in [-0.05, 0) is 22.4 Å². The molecule has 96 valence electrons.